The highest BCUT2D eigenvalue weighted by Crippen LogP contribution is 2.39. The second-order valence-corrected chi connectivity index (χ2v) is 4.69. The van der Waals surface area contributed by atoms with Crippen LogP contribution in [0.5, 0.6) is 0 Å². The first-order valence-electron chi connectivity index (χ1n) is 5.83. The third-order valence-corrected chi connectivity index (χ3v) is 3.48. The van der Waals surface area contributed by atoms with Crippen molar-refractivity contribution in [3.8, 4) is 0 Å². The van der Waals surface area contributed by atoms with Gasteiger partial charge in [-0.15, -0.1) is 0 Å². The molecule has 0 bridgehead atoms. The molecule has 0 aromatic carbocycles. The van der Waals surface area contributed by atoms with Crippen molar-refractivity contribution in [1.82, 2.24) is 0 Å². The number of carbonyl (C=O) groups is 1. The summed E-state index contributed by atoms with van der Waals surface area (Å²) < 4.78 is 0. The van der Waals surface area contributed by atoms with Gasteiger partial charge in [-0.3, -0.25) is 4.79 Å². The highest BCUT2D eigenvalue weighted by Gasteiger charge is 2.37. The number of carboxylic acid groups (broad SMARTS) is 1. The predicted octanol–water partition coefficient (Wildman–Crippen LogP) is -0.0749. The molecule has 1 rings (SSSR count). The van der Waals surface area contributed by atoms with E-state index in [1.807, 2.05) is 0 Å². The Kier molecular flexibility index (Phi) is 5.24. The molecular weight excluding hydrogens is 209 g/mol. The molecular formula is C10H20BNO4. The Morgan fingerprint density at radius 1 is 1.38 bits per heavy atom. The van der Waals surface area contributed by atoms with Crippen LogP contribution in [-0.2, 0) is 4.79 Å². The van der Waals surface area contributed by atoms with Crippen molar-refractivity contribution in [2.75, 3.05) is 6.54 Å². The summed E-state index contributed by atoms with van der Waals surface area (Å²) in [5, 5.41) is 26.5. The largest absolute Gasteiger partial charge is 0.481 e. The third kappa shape index (κ3) is 3.77. The van der Waals surface area contributed by atoms with Crippen LogP contribution in [0.1, 0.15) is 25.7 Å². The second-order valence-electron chi connectivity index (χ2n) is 4.69. The minimum Gasteiger partial charge on any atom is -0.481 e. The summed E-state index contributed by atoms with van der Waals surface area (Å²) in [6, 6.07) is 0. The standard InChI is InChI=1S/C10H20BNO4/c12-6-7-4-8(2-1-3-11(15)16)9(5-7)10(13)14/h7-9,15-16H,1-6,12H2,(H,13,14)/t7?,8?,9-/m1/s1. The molecule has 1 aliphatic carbocycles. The Balaban J connectivity index is 2.40. The van der Waals surface area contributed by atoms with E-state index in [4.69, 9.17) is 20.9 Å². The summed E-state index contributed by atoms with van der Waals surface area (Å²) in [5.41, 5.74) is 5.56. The van der Waals surface area contributed by atoms with Gasteiger partial charge < -0.3 is 20.9 Å². The van der Waals surface area contributed by atoms with Gasteiger partial charge in [0.05, 0.1) is 5.92 Å². The van der Waals surface area contributed by atoms with Crippen LogP contribution in [0.4, 0.5) is 0 Å². The lowest BCUT2D eigenvalue weighted by Gasteiger charge is -2.14. The van der Waals surface area contributed by atoms with Crippen LogP contribution in [0.15, 0.2) is 0 Å². The summed E-state index contributed by atoms with van der Waals surface area (Å²) in [6.07, 6.45) is 3.23. The van der Waals surface area contributed by atoms with E-state index in [0.29, 0.717) is 31.6 Å². The zero-order valence-corrected chi connectivity index (χ0v) is 9.38. The number of hydrogen-bond acceptors (Lipinski definition) is 4. The van der Waals surface area contributed by atoms with E-state index in [-0.39, 0.29) is 11.8 Å². The van der Waals surface area contributed by atoms with E-state index >= 15 is 0 Å². The van der Waals surface area contributed by atoms with Crippen LogP contribution in [0.3, 0.4) is 0 Å². The number of carboxylic acids is 1. The van der Waals surface area contributed by atoms with E-state index in [1.54, 1.807) is 0 Å². The van der Waals surface area contributed by atoms with Gasteiger partial charge in [-0.2, -0.15) is 0 Å². The molecule has 2 unspecified atom stereocenters. The van der Waals surface area contributed by atoms with Crippen LogP contribution >= 0.6 is 0 Å². The fraction of sp³-hybridized carbons (Fsp3) is 0.900. The lowest BCUT2D eigenvalue weighted by atomic mass is 9.80. The van der Waals surface area contributed by atoms with Gasteiger partial charge in [0.25, 0.3) is 0 Å². The van der Waals surface area contributed by atoms with Gasteiger partial charge in [-0.1, -0.05) is 12.8 Å². The van der Waals surface area contributed by atoms with Crippen LogP contribution < -0.4 is 5.73 Å². The molecule has 0 saturated heterocycles. The minimum absolute atomic E-state index is 0.143. The first-order valence-corrected chi connectivity index (χ1v) is 5.83. The maximum absolute atomic E-state index is 11.0. The molecule has 3 atom stereocenters. The lowest BCUT2D eigenvalue weighted by Crippen LogP contribution is -2.19. The molecule has 0 heterocycles. The van der Waals surface area contributed by atoms with Crippen molar-refractivity contribution in [3.05, 3.63) is 0 Å². The number of rotatable bonds is 6. The Bertz CT molecular complexity index is 237. The van der Waals surface area contributed by atoms with Crippen LogP contribution in [0.25, 0.3) is 0 Å². The van der Waals surface area contributed by atoms with Gasteiger partial charge in [0, 0.05) is 0 Å². The molecule has 1 fully saturated rings. The Labute approximate surface area is 95.8 Å². The fourth-order valence-corrected chi connectivity index (χ4v) is 2.62. The number of hydrogen-bond donors (Lipinski definition) is 4. The van der Waals surface area contributed by atoms with Gasteiger partial charge in [-0.05, 0) is 37.5 Å². The number of nitrogens with two attached hydrogens (primary N) is 1. The summed E-state index contributed by atoms with van der Waals surface area (Å²) >= 11 is 0. The van der Waals surface area contributed by atoms with Crippen molar-refractivity contribution in [3.63, 3.8) is 0 Å². The van der Waals surface area contributed by atoms with Gasteiger partial charge in [0.1, 0.15) is 0 Å². The van der Waals surface area contributed by atoms with Crippen molar-refractivity contribution >= 4 is 13.1 Å². The van der Waals surface area contributed by atoms with E-state index in [9.17, 15) is 4.79 Å². The Hall–Kier alpha value is -0.585. The van der Waals surface area contributed by atoms with Gasteiger partial charge in [0.15, 0.2) is 0 Å². The van der Waals surface area contributed by atoms with Crippen LogP contribution in [0.2, 0.25) is 6.32 Å². The van der Waals surface area contributed by atoms with E-state index in [0.717, 1.165) is 12.8 Å². The average molecular weight is 229 g/mol. The van der Waals surface area contributed by atoms with Crippen molar-refractivity contribution in [2.45, 2.75) is 32.0 Å². The summed E-state index contributed by atoms with van der Waals surface area (Å²) in [5.74, 6) is -0.593. The molecule has 1 aliphatic rings. The molecule has 16 heavy (non-hydrogen) atoms. The van der Waals surface area contributed by atoms with Gasteiger partial charge in [-0.25, -0.2) is 0 Å². The molecule has 0 radical (unpaired) electrons. The lowest BCUT2D eigenvalue weighted by molar-refractivity contribution is -0.143. The van der Waals surface area contributed by atoms with E-state index < -0.39 is 13.1 Å². The third-order valence-electron chi connectivity index (χ3n) is 3.48. The maximum Gasteiger partial charge on any atom is 0.451 e. The Morgan fingerprint density at radius 2 is 2.06 bits per heavy atom. The number of aliphatic carboxylic acids is 1. The van der Waals surface area contributed by atoms with E-state index in [2.05, 4.69) is 0 Å². The molecule has 92 valence electrons. The second kappa shape index (κ2) is 6.22. The normalized spacial score (nSPS) is 29.3. The smallest absolute Gasteiger partial charge is 0.451 e. The summed E-state index contributed by atoms with van der Waals surface area (Å²) in [6.45, 7) is 0.545. The molecule has 0 aliphatic heterocycles. The first kappa shape index (κ1) is 13.5. The predicted molar refractivity (Wildman–Crippen MR) is 60.6 cm³/mol. The zero-order valence-electron chi connectivity index (χ0n) is 9.38. The SMILES string of the molecule is NCC1CC(CCCB(O)O)[C@H](C(=O)O)C1. The molecule has 1 saturated carbocycles. The molecule has 0 aromatic rings. The molecule has 0 amide bonds. The highest BCUT2D eigenvalue weighted by molar-refractivity contribution is 6.40. The molecule has 6 heteroatoms. The van der Waals surface area contributed by atoms with Crippen LogP contribution in [-0.4, -0.2) is 34.8 Å². The topological polar surface area (TPSA) is 104 Å². The maximum atomic E-state index is 11.0. The monoisotopic (exact) mass is 229 g/mol. The minimum atomic E-state index is -1.28. The quantitative estimate of drug-likeness (QED) is 0.477. The Morgan fingerprint density at radius 3 is 2.56 bits per heavy atom. The average Bonchev–Trinajstić information content (AvgIpc) is 2.60. The molecule has 5 nitrogen and oxygen atoms in total. The van der Waals surface area contributed by atoms with E-state index in [1.165, 1.54) is 0 Å². The zero-order chi connectivity index (χ0) is 12.1. The molecule has 0 aromatic heterocycles. The highest BCUT2D eigenvalue weighted by atomic mass is 16.4. The van der Waals surface area contributed by atoms with Crippen molar-refractivity contribution in [2.24, 2.45) is 23.5 Å². The fourth-order valence-electron chi connectivity index (χ4n) is 2.62. The van der Waals surface area contributed by atoms with Gasteiger partial charge in [0.2, 0.25) is 0 Å². The summed E-state index contributed by atoms with van der Waals surface area (Å²) in [7, 11) is -1.28. The summed E-state index contributed by atoms with van der Waals surface area (Å²) in [4.78, 5) is 11.0. The van der Waals surface area contributed by atoms with Crippen LogP contribution in [0, 0.1) is 17.8 Å². The van der Waals surface area contributed by atoms with Gasteiger partial charge >= 0.3 is 13.1 Å². The van der Waals surface area contributed by atoms with Crippen molar-refractivity contribution < 1.29 is 19.9 Å². The molecule has 0 spiro atoms. The first-order chi connectivity index (χ1) is 7.54. The van der Waals surface area contributed by atoms with Crippen molar-refractivity contribution in [1.29, 1.82) is 0 Å². The molecule has 5 N–H and O–H groups in total.